The lowest BCUT2D eigenvalue weighted by Crippen LogP contribution is -1.98. The average Bonchev–Trinajstić information content (AvgIpc) is 2.70. The van der Waals surface area contributed by atoms with Crippen molar-refractivity contribution in [2.45, 2.75) is 0 Å². The summed E-state index contributed by atoms with van der Waals surface area (Å²) in [7, 11) is 0. The summed E-state index contributed by atoms with van der Waals surface area (Å²) in [6.45, 7) is 0. The van der Waals surface area contributed by atoms with E-state index in [0.717, 1.165) is 4.68 Å². The van der Waals surface area contributed by atoms with Crippen molar-refractivity contribution in [1.82, 2.24) is 15.0 Å². The van der Waals surface area contributed by atoms with Crippen LogP contribution in [0.1, 0.15) is 10.5 Å². The van der Waals surface area contributed by atoms with Crippen LogP contribution in [0.4, 0.5) is 4.39 Å². The van der Waals surface area contributed by atoms with Crippen LogP contribution in [0.2, 0.25) is 5.02 Å². The third-order valence-corrected chi connectivity index (χ3v) is 2.10. The second-order valence-corrected chi connectivity index (χ2v) is 3.19. The molecule has 0 spiro atoms. The van der Waals surface area contributed by atoms with Crippen molar-refractivity contribution < 1.29 is 9.18 Å². The van der Waals surface area contributed by atoms with Gasteiger partial charge < -0.3 is 0 Å². The van der Waals surface area contributed by atoms with Gasteiger partial charge in [-0.2, -0.15) is 0 Å². The fraction of sp³-hybridized carbons (Fsp3) is 0. The molecule has 1 aromatic carbocycles. The normalized spacial score (nSPS) is 10.3. The van der Waals surface area contributed by atoms with Gasteiger partial charge in [-0.15, -0.1) is 5.10 Å². The van der Waals surface area contributed by atoms with Crippen LogP contribution in [-0.2, 0) is 0 Å². The fourth-order valence-corrected chi connectivity index (χ4v) is 1.29. The predicted octanol–water partition coefficient (Wildman–Crippen LogP) is 1.87. The molecule has 0 saturated carbocycles. The maximum atomic E-state index is 13.5. The Hall–Kier alpha value is -1.75. The van der Waals surface area contributed by atoms with Crippen LogP contribution in [0, 0.1) is 5.82 Å². The van der Waals surface area contributed by atoms with Crippen molar-refractivity contribution in [1.29, 1.82) is 0 Å². The zero-order valence-electron chi connectivity index (χ0n) is 7.39. The number of benzene rings is 1. The van der Waals surface area contributed by atoms with E-state index in [9.17, 15) is 9.18 Å². The smallest absolute Gasteiger partial charge is 0.171 e. The van der Waals surface area contributed by atoms with Gasteiger partial charge in [0.2, 0.25) is 0 Å². The van der Waals surface area contributed by atoms with Crippen LogP contribution in [0.25, 0.3) is 5.69 Å². The molecular weight excluding hydrogens is 221 g/mol. The number of rotatable bonds is 2. The number of carbonyl (C=O) groups excluding carboxylic acids is 1. The molecule has 1 heterocycles. The number of halogens is 2. The van der Waals surface area contributed by atoms with Gasteiger partial charge in [0, 0.05) is 0 Å². The summed E-state index contributed by atoms with van der Waals surface area (Å²) in [4.78, 5) is 10.4. The minimum atomic E-state index is -0.596. The average molecular weight is 226 g/mol. The molecule has 2 aromatic rings. The molecule has 4 nitrogen and oxygen atoms in total. The third kappa shape index (κ3) is 1.73. The first-order chi connectivity index (χ1) is 7.22. The number of aldehydes is 1. The van der Waals surface area contributed by atoms with E-state index in [-0.39, 0.29) is 16.4 Å². The molecule has 0 saturated heterocycles. The lowest BCUT2D eigenvalue weighted by Gasteiger charge is -2.02. The molecule has 15 heavy (non-hydrogen) atoms. The maximum Gasteiger partial charge on any atom is 0.171 e. The molecule has 76 valence electrons. The summed E-state index contributed by atoms with van der Waals surface area (Å²) < 4.78 is 14.6. The Bertz CT molecular complexity index is 512. The molecule has 0 fully saturated rings. The Morgan fingerprint density at radius 2 is 2.27 bits per heavy atom. The van der Waals surface area contributed by atoms with Gasteiger partial charge in [0.15, 0.2) is 12.1 Å². The molecule has 0 aliphatic heterocycles. The van der Waals surface area contributed by atoms with E-state index in [1.54, 1.807) is 6.07 Å². The molecule has 0 radical (unpaired) electrons. The number of carbonyl (C=O) groups is 1. The summed E-state index contributed by atoms with van der Waals surface area (Å²) in [5, 5.41) is 7.11. The zero-order valence-corrected chi connectivity index (χ0v) is 8.15. The number of hydrogen-bond acceptors (Lipinski definition) is 3. The Morgan fingerprint density at radius 1 is 1.47 bits per heavy atom. The van der Waals surface area contributed by atoms with Gasteiger partial charge in [-0.3, -0.25) is 4.79 Å². The third-order valence-electron chi connectivity index (χ3n) is 1.81. The summed E-state index contributed by atoms with van der Waals surface area (Å²) >= 11 is 5.60. The number of hydrogen-bond donors (Lipinski definition) is 0. The van der Waals surface area contributed by atoms with Gasteiger partial charge in [0.1, 0.15) is 11.4 Å². The second-order valence-electron chi connectivity index (χ2n) is 2.78. The van der Waals surface area contributed by atoms with Gasteiger partial charge in [0.25, 0.3) is 0 Å². The van der Waals surface area contributed by atoms with E-state index in [1.165, 1.54) is 18.3 Å². The molecule has 0 unspecified atom stereocenters. The zero-order chi connectivity index (χ0) is 10.8. The second kappa shape index (κ2) is 3.78. The monoisotopic (exact) mass is 225 g/mol. The SMILES string of the molecule is O=Cc1cn(-c2cccc(Cl)c2F)nn1. The highest BCUT2D eigenvalue weighted by Gasteiger charge is 2.09. The van der Waals surface area contributed by atoms with Gasteiger partial charge in [-0.05, 0) is 12.1 Å². The Balaban J connectivity index is 2.53. The van der Waals surface area contributed by atoms with Crippen molar-refractivity contribution in [3.05, 3.63) is 40.9 Å². The van der Waals surface area contributed by atoms with Crippen molar-refractivity contribution in [3.63, 3.8) is 0 Å². The van der Waals surface area contributed by atoms with Crippen LogP contribution in [-0.4, -0.2) is 21.3 Å². The standard InChI is InChI=1S/C9H5ClFN3O/c10-7-2-1-3-8(9(7)11)14-4-6(5-15)12-13-14/h1-5H. The summed E-state index contributed by atoms with van der Waals surface area (Å²) in [5.74, 6) is -0.596. The van der Waals surface area contributed by atoms with E-state index in [0.29, 0.717) is 6.29 Å². The minimum Gasteiger partial charge on any atom is -0.296 e. The highest BCUT2D eigenvalue weighted by molar-refractivity contribution is 6.30. The topological polar surface area (TPSA) is 47.8 Å². The molecular formula is C9H5ClFN3O. The number of aromatic nitrogens is 3. The van der Waals surface area contributed by atoms with Crippen LogP contribution < -0.4 is 0 Å². The molecule has 2 rings (SSSR count). The highest BCUT2D eigenvalue weighted by atomic mass is 35.5. The quantitative estimate of drug-likeness (QED) is 0.733. The predicted molar refractivity (Wildman–Crippen MR) is 51.7 cm³/mol. The Labute approximate surface area is 89.3 Å². The number of nitrogens with zero attached hydrogens (tertiary/aromatic N) is 3. The molecule has 0 atom stereocenters. The highest BCUT2D eigenvalue weighted by Crippen LogP contribution is 2.20. The molecule has 0 bridgehead atoms. The van der Waals surface area contributed by atoms with Gasteiger partial charge >= 0.3 is 0 Å². The maximum absolute atomic E-state index is 13.5. The van der Waals surface area contributed by atoms with Crippen molar-refractivity contribution in [2.24, 2.45) is 0 Å². The van der Waals surface area contributed by atoms with E-state index >= 15 is 0 Å². The summed E-state index contributed by atoms with van der Waals surface area (Å²) in [6.07, 6.45) is 1.85. The van der Waals surface area contributed by atoms with Crippen molar-refractivity contribution >= 4 is 17.9 Å². The lowest BCUT2D eigenvalue weighted by atomic mass is 10.3. The molecule has 6 heteroatoms. The molecule has 1 aromatic heterocycles. The molecule has 0 amide bonds. The van der Waals surface area contributed by atoms with E-state index in [4.69, 9.17) is 11.6 Å². The van der Waals surface area contributed by atoms with Gasteiger partial charge in [0.05, 0.1) is 11.2 Å². The van der Waals surface area contributed by atoms with Crippen LogP contribution in [0.3, 0.4) is 0 Å². The largest absolute Gasteiger partial charge is 0.296 e. The molecule has 0 aliphatic carbocycles. The summed E-state index contributed by atoms with van der Waals surface area (Å²) in [6, 6.07) is 4.51. The summed E-state index contributed by atoms with van der Waals surface area (Å²) in [5.41, 5.74) is 0.289. The van der Waals surface area contributed by atoms with Crippen LogP contribution in [0.15, 0.2) is 24.4 Å². The van der Waals surface area contributed by atoms with Crippen LogP contribution in [0.5, 0.6) is 0 Å². The van der Waals surface area contributed by atoms with Crippen molar-refractivity contribution in [3.8, 4) is 5.69 Å². The fourth-order valence-electron chi connectivity index (χ4n) is 1.12. The van der Waals surface area contributed by atoms with Crippen LogP contribution >= 0.6 is 11.6 Å². The van der Waals surface area contributed by atoms with Gasteiger partial charge in [-0.1, -0.05) is 22.9 Å². The van der Waals surface area contributed by atoms with E-state index in [1.807, 2.05) is 0 Å². The lowest BCUT2D eigenvalue weighted by molar-refractivity contribution is 0.111. The van der Waals surface area contributed by atoms with Crippen molar-refractivity contribution in [2.75, 3.05) is 0 Å². The Kier molecular flexibility index (Phi) is 2.47. The minimum absolute atomic E-state index is 0.00402. The van der Waals surface area contributed by atoms with E-state index in [2.05, 4.69) is 10.3 Å². The Morgan fingerprint density at radius 3 is 2.93 bits per heavy atom. The van der Waals surface area contributed by atoms with E-state index < -0.39 is 5.82 Å². The molecule has 0 N–H and O–H groups in total. The first-order valence-electron chi connectivity index (χ1n) is 4.04. The first-order valence-corrected chi connectivity index (χ1v) is 4.42. The first kappa shape index (κ1) is 9.79. The molecule has 0 aliphatic rings. The van der Waals surface area contributed by atoms with Gasteiger partial charge in [-0.25, -0.2) is 9.07 Å².